The molecule has 0 aromatic carbocycles. The van der Waals surface area contributed by atoms with E-state index in [0.717, 1.165) is 83.9 Å². The van der Waals surface area contributed by atoms with Gasteiger partial charge < -0.3 is 14.8 Å². The Morgan fingerprint density at radius 3 is 2.68 bits per heavy atom. The highest BCUT2D eigenvalue weighted by Gasteiger charge is 2.32. The number of morpholine rings is 1. The molecule has 0 aliphatic carbocycles. The molecule has 0 amide bonds. The van der Waals surface area contributed by atoms with Crippen LogP contribution in [0.25, 0.3) is 20.4 Å². The van der Waals surface area contributed by atoms with Crippen LogP contribution in [-0.2, 0) is 22.5 Å². The third kappa shape index (κ3) is 4.78. The summed E-state index contributed by atoms with van der Waals surface area (Å²) in [5.41, 5.74) is 4.61. The Labute approximate surface area is 210 Å². The van der Waals surface area contributed by atoms with E-state index in [1.54, 1.807) is 23.1 Å². The number of pyridine rings is 1. The summed E-state index contributed by atoms with van der Waals surface area (Å²) < 4.78 is 12.8. The summed E-state index contributed by atoms with van der Waals surface area (Å²) in [6.07, 6.45) is 3.98. The average molecular weight is 502 g/mol. The minimum Gasteiger partial charge on any atom is -0.379 e. The Bertz CT molecular complexity index is 1190. The lowest BCUT2D eigenvalue weighted by atomic mass is 9.87. The van der Waals surface area contributed by atoms with Crippen molar-refractivity contribution in [1.29, 1.82) is 0 Å². The average Bonchev–Trinajstić information content (AvgIpc) is 3.20. The molecular formula is C25H35N5O2S2. The van der Waals surface area contributed by atoms with Gasteiger partial charge in [0, 0.05) is 37.0 Å². The van der Waals surface area contributed by atoms with Crippen molar-refractivity contribution in [3.8, 4) is 0 Å². The molecule has 3 aromatic heterocycles. The van der Waals surface area contributed by atoms with Crippen LogP contribution >= 0.6 is 23.1 Å². The van der Waals surface area contributed by atoms with Crippen LogP contribution in [0.3, 0.4) is 0 Å². The third-order valence-electron chi connectivity index (χ3n) is 6.68. The number of fused-ring (bicyclic) bond motifs is 5. The highest BCUT2D eigenvalue weighted by Crippen LogP contribution is 2.43. The maximum absolute atomic E-state index is 6.21. The van der Waals surface area contributed by atoms with Crippen molar-refractivity contribution in [1.82, 2.24) is 19.9 Å². The van der Waals surface area contributed by atoms with Crippen molar-refractivity contribution in [2.45, 2.75) is 63.8 Å². The van der Waals surface area contributed by atoms with Gasteiger partial charge in [0.1, 0.15) is 10.6 Å². The summed E-state index contributed by atoms with van der Waals surface area (Å²) in [4.78, 5) is 18.5. The summed E-state index contributed by atoms with van der Waals surface area (Å²) in [5, 5.41) is 5.63. The maximum atomic E-state index is 6.21. The number of nitrogens with zero attached hydrogens (tertiary/aromatic N) is 4. The number of thiophene rings is 1. The van der Waals surface area contributed by atoms with Crippen molar-refractivity contribution in [3.05, 3.63) is 16.8 Å². The molecule has 0 unspecified atom stereocenters. The number of hydrogen-bond donors (Lipinski definition) is 1. The van der Waals surface area contributed by atoms with E-state index in [9.17, 15) is 0 Å². The van der Waals surface area contributed by atoms with Gasteiger partial charge in [0.25, 0.3) is 0 Å². The molecule has 5 heterocycles. The summed E-state index contributed by atoms with van der Waals surface area (Å²) in [6, 6.07) is 0. The minimum absolute atomic E-state index is 0.195. The van der Waals surface area contributed by atoms with Crippen LogP contribution in [0.4, 0.5) is 5.82 Å². The first-order valence-corrected chi connectivity index (χ1v) is 14.3. The van der Waals surface area contributed by atoms with Gasteiger partial charge >= 0.3 is 0 Å². The number of hydrogen-bond acceptors (Lipinski definition) is 9. The Kier molecular flexibility index (Phi) is 7.01. The first-order valence-electron chi connectivity index (χ1n) is 12.2. The van der Waals surface area contributed by atoms with Gasteiger partial charge in [-0.05, 0) is 44.6 Å². The van der Waals surface area contributed by atoms with Gasteiger partial charge in [-0.15, -0.1) is 11.3 Å². The summed E-state index contributed by atoms with van der Waals surface area (Å²) in [5.74, 6) is 1.28. The molecular weight excluding hydrogens is 466 g/mol. The number of anilines is 1. The molecule has 0 saturated carbocycles. The Morgan fingerprint density at radius 2 is 1.94 bits per heavy atom. The van der Waals surface area contributed by atoms with Crippen molar-refractivity contribution < 1.29 is 9.47 Å². The van der Waals surface area contributed by atoms with Crippen molar-refractivity contribution in [3.63, 3.8) is 0 Å². The highest BCUT2D eigenvalue weighted by atomic mass is 32.2. The zero-order valence-corrected chi connectivity index (χ0v) is 22.5. The van der Waals surface area contributed by atoms with Gasteiger partial charge in [0.15, 0.2) is 5.16 Å². The number of thioether (sulfide) groups is 1. The fraction of sp³-hybridized carbons (Fsp3) is 0.640. The fourth-order valence-electron chi connectivity index (χ4n) is 4.90. The van der Waals surface area contributed by atoms with Crippen LogP contribution in [0, 0.1) is 0 Å². The molecule has 2 aliphatic heterocycles. The molecule has 0 atom stereocenters. The van der Waals surface area contributed by atoms with E-state index in [-0.39, 0.29) is 5.60 Å². The van der Waals surface area contributed by atoms with Gasteiger partial charge in [-0.25, -0.2) is 15.0 Å². The molecule has 0 radical (unpaired) electrons. The van der Waals surface area contributed by atoms with E-state index in [0.29, 0.717) is 12.5 Å². The van der Waals surface area contributed by atoms with Gasteiger partial charge in [0.05, 0.1) is 41.3 Å². The SMILES string of the molecule is CSc1nc(NCCCN2CCOCC2)c2sc3nc(C(C)C)c4c(c3c2n1)CC(C)(C)OC4. The van der Waals surface area contributed by atoms with Gasteiger partial charge in [-0.1, -0.05) is 25.6 Å². The number of ether oxygens (including phenoxy) is 2. The van der Waals surface area contributed by atoms with Gasteiger partial charge in [0.2, 0.25) is 0 Å². The molecule has 5 rings (SSSR count). The Morgan fingerprint density at radius 1 is 1.15 bits per heavy atom. The largest absolute Gasteiger partial charge is 0.379 e. The number of nitrogens with one attached hydrogen (secondary N) is 1. The van der Waals surface area contributed by atoms with E-state index in [2.05, 4.69) is 37.9 Å². The minimum atomic E-state index is -0.195. The van der Waals surface area contributed by atoms with Gasteiger partial charge in [-0.3, -0.25) is 4.90 Å². The third-order valence-corrected chi connectivity index (χ3v) is 8.31. The molecule has 1 N–H and O–H groups in total. The van der Waals surface area contributed by atoms with Crippen LogP contribution in [0.15, 0.2) is 5.16 Å². The molecule has 2 aliphatic rings. The van der Waals surface area contributed by atoms with Crippen molar-refractivity contribution in [2.75, 3.05) is 51.0 Å². The van der Waals surface area contributed by atoms with Gasteiger partial charge in [-0.2, -0.15) is 0 Å². The van der Waals surface area contributed by atoms with Crippen LogP contribution < -0.4 is 5.32 Å². The predicted octanol–water partition coefficient (Wildman–Crippen LogP) is 5.07. The second kappa shape index (κ2) is 9.85. The molecule has 1 fully saturated rings. The topological polar surface area (TPSA) is 72.4 Å². The number of rotatable bonds is 7. The van der Waals surface area contributed by atoms with Crippen LogP contribution in [-0.4, -0.2) is 71.1 Å². The molecule has 9 heteroatoms. The highest BCUT2D eigenvalue weighted by molar-refractivity contribution is 7.98. The molecule has 1 saturated heterocycles. The van der Waals surface area contributed by atoms with Crippen molar-refractivity contribution >= 4 is 49.3 Å². The molecule has 184 valence electrons. The quantitative estimate of drug-likeness (QED) is 0.273. The van der Waals surface area contributed by atoms with E-state index >= 15 is 0 Å². The van der Waals surface area contributed by atoms with Crippen molar-refractivity contribution in [2.24, 2.45) is 0 Å². The molecule has 34 heavy (non-hydrogen) atoms. The van der Waals surface area contributed by atoms with Crippen LogP contribution in [0.2, 0.25) is 0 Å². The van der Waals surface area contributed by atoms with E-state index in [4.69, 9.17) is 24.4 Å². The second-order valence-electron chi connectivity index (χ2n) is 10.1. The second-order valence-corrected chi connectivity index (χ2v) is 11.9. The normalized spacial score (nSPS) is 18.6. The number of aromatic nitrogens is 3. The first kappa shape index (κ1) is 24.2. The zero-order valence-electron chi connectivity index (χ0n) is 20.9. The monoisotopic (exact) mass is 501 g/mol. The predicted molar refractivity (Wildman–Crippen MR) is 142 cm³/mol. The zero-order chi connectivity index (χ0) is 23.9. The first-order chi connectivity index (χ1) is 16.4. The van der Waals surface area contributed by atoms with Crippen LogP contribution in [0.1, 0.15) is 56.9 Å². The molecule has 3 aromatic rings. The summed E-state index contributed by atoms with van der Waals surface area (Å²) in [6.45, 7) is 15.1. The molecule has 0 bridgehead atoms. The maximum Gasteiger partial charge on any atom is 0.189 e. The standard InChI is InChI=1S/C25H35N5O2S2/c1-15(2)19-17-14-32-25(3,4)13-16(17)18-20-21(34-23(18)27-19)22(29-24(28-20)33-5)26-7-6-8-30-9-11-31-12-10-30/h15H,6-14H2,1-5H3,(H,26,28,29). The summed E-state index contributed by atoms with van der Waals surface area (Å²) >= 11 is 3.31. The van der Waals surface area contributed by atoms with Crippen LogP contribution in [0.5, 0.6) is 0 Å². The molecule has 7 nitrogen and oxygen atoms in total. The Hall–Kier alpha value is -1.52. The van der Waals surface area contributed by atoms with E-state index in [1.807, 2.05) is 6.26 Å². The smallest absolute Gasteiger partial charge is 0.189 e. The lowest BCUT2D eigenvalue weighted by Crippen LogP contribution is -2.37. The molecule has 0 spiro atoms. The van der Waals surface area contributed by atoms with E-state index < -0.39 is 0 Å². The Balaban J connectivity index is 1.53. The lowest BCUT2D eigenvalue weighted by molar-refractivity contribution is -0.0402. The lowest BCUT2D eigenvalue weighted by Gasteiger charge is -2.33. The summed E-state index contributed by atoms with van der Waals surface area (Å²) in [7, 11) is 0. The van der Waals surface area contributed by atoms with E-state index in [1.165, 1.54) is 16.5 Å². The fourth-order valence-corrected chi connectivity index (χ4v) is 6.38.